The van der Waals surface area contributed by atoms with Gasteiger partial charge in [0.15, 0.2) is 0 Å². The predicted molar refractivity (Wildman–Crippen MR) is 56.9 cm³/mol. The first-order chi connectivity index (χ1) is 6.92. The Balaban J connectivity index is 1.71. The molecule has 1 N–H and O–H groups in total. The Kier molecular flexibility index (Phi) is 1.86. The van der Waals surface area contributed by atoms with E-state index in [1.165, 1.54) is 24.1 Å². The summed E-state index contributed by atoms with van der Waals surface area (Å²) < 4.78 is 5.73. The molecule has 2 aliphatic rings. The summed E-state index contributed by atoms with van der Waals surface area (Å²) in [5.41, 5.74) is 2.68. The molecule has 0 amide bonds. The van der Waals surface area contributed by atoms with Crippen LogP contribution in [0.15, 0.2) is 18.2 Å². The van der Waals surface area contributed by atoms with E-state index >= 15 is 0 Å². The van der Waals surface area contributed by atoms with Crippen LogP contribution in [0.5, 0.6) is 5.75 Å². The van der Waals surface area contributed by atoms with Gasteiger partial charge in [-0.15, -0.1) is 0 Å². The summed E-state index contributed by atoms with van der Waals surface area (Å²) in [5.74, 6) is 1.88. The van der Waals surface area contributed by atoms with Crippen LogP contribution in [-0.2, 0) is 6.42 Å². The molecule has 1 aliphatic heterocycles. The minimum Gasteiger partial charge on any atom is -0.493 e. The molecule has 0 atom stereocenters. The molecule has 0 bridgehead atoms. The van der Waals surface area contributed by atoms with Crippen molar-refractivity contribution < 1.29 is 4.74 Å². The monoisotopic (exact) mass is 189 g/mol. The Labute approximate surface area is 84.3 Å². The quantitative estimate of drug-likeness (QED) is 0.788. The van der Waals surface area contributed by atoms with E-state index < -0.39 is 0 Å². The molecule has 1 aromatic rings. The molecule has 1 aliphatic carbocycles. The lowest BCUT2D eigenvalue weighted by molar-refractivity contribution is 0.299. The van der Waals surface area contributed by atoms with Crippen LogP contribution in [0, 0.1) is 5.92 Å². The Morgan fingerprint density at radius 2 is 2.29 bits per heavy atom. The number of benzene rings is 1. The second kappa shape index (κ2) is 3.19. The van der Waals surface area contributed by atoms with Gasteiger partial charge in [0, 0.05) is 12.2 Å². The summed E-state index contributed by atoms with van der Waals surface area (Å²) in [4.78, 5) is 0. The Morgan fingerprint density at radius 1 is 1.36 bits per heavy atom. The average molecular weight is 189 g/mol. The standard InChI is InChI=1S/C12H15NO/c1-2-9(1)8-14-11-3-4-12-10(7-11)5-6-13-12/h3-4,7,9,13H,1-2,5-6,8H2. The molecule has 1 saturated carbocycles. The number of anilines is 1. The molecule has 0 aromatic heterocycles. The lowest BCUT2D eigenvalue weighted by Gasteiger charge is -2.06. The van der Waals surface area contributed by atoms with E-state index in [4.69, 9.17) is 4.74 Å². The third-order valence-corrected chi connectivity index (χ3v) is 2.97. The molecule has 74 valence electrons. The molecule has 1 fully saturated rings. The van der Waals surface area contributed by atoms with Gasteiger partial charge in [-0.05, 0) is 48.9 Å². The number of hydrogen-bond acceptors (Lipinski definition) is 2. The number of nitrogens with one attached hydrogen (secondary N) is 1. The van der Waals surface area contributed by atoms with Gasteiger partial charge in [0.1, 0.15) is 5.75 Å². The number of fused-ring (bicyclic) bond motifs is 1. The molecule has 14 heavy (non-hydrogen) atoms. The fraction of sp³-hybridized carbons (Fsp3) is 0.500. The van der Waals surface area contributed by atoms with Crippen molar-refractivity contribution in [1.82, 2.24) is 0 Å². The first kappa shape index (κ1) is 8.16. The van der Waals surface area contributed by atoms with E-state index in [2.05, 4.69) is 23.5 Å². The van der Waals surface area contributed by atoms with Crippen LogP contribution in [-0.4, -0.2) is 13.2 Å². The van der Waals surface area contributed by atoms with Gasteiger partial charge in [-0.25, -0.2) is 0 Å². The van der Waals surface area contributed by atoms with Crippen molar-refractivity contribution in [2.24, 2.45) is 5.92 Å². The zero-order chi connectivity index (χ0) is 9.38. The normalized spacial score (nSPS) is 18.9. The van der Waals surface area contributed by atoms with Crippen molar-refractivity contribution in [1.29, 1.82) is 0 Å². The van der Waals surface area contributed by atoms with Gasteiger partial charge < -0.3 is 10.1 Å². The lowest BCUT2D eigenvalue weighted by atomic mass is 10.1. The van der Waals surface area contributed by atoms with Crippen LogP contribution >= 0.6 is 0 Å². The van der Waals surface area contributed by atoms with Crippen LogP contribution in [0.1, 0.15) is 18.4 Å². The summed E-state index contributed by atoms with van der Waals surface area (Å²) in [5, 5.41) is 3.35. The number of rotatable bonds is 3. The average Bonchev–Trinajstić information content (AvgIpc) is 2.92. The minimum absolute atomic E-state index is 0.835. The summed E-state index contributed by atoms with van der Waals surface area (Å²) in [6.45, 7) is 1.98. The van der Waals surface area contributed by atoms with Gasteiger partial charge in [-0.2, -0.15) is 0 Å². The van der Waals surface area contributed by atoms with Crippen LogP contribution in [0.25, 0.3) is 0 Å². The smallest absolute Gasteiger partial charge is 0.119 e. The number of ether oxygens (including phenoxy) is 1. The third kappa shape index (κ3) is 1.57. The highest BCUT2D eigenvalue weighted by Gasteiger charge is 2.22. The maximum absolute atomic E-state index is 5.73. The molecular weight excluding hydrogens is 174 g/mol. The third-order valence-electron chi connectivity index (χ3n) is 2.97. The maximum atomic E-state index is 5.73. The van der Waals surface area contributed by atoms with Crippen LogP contribution in [0.2, 0.25) is 0 Å². The highest BCUT2D eigenvalue weighted by atomic mass is 16.5. The van der Waals surface area contributed by atoms with Crippen molar-refractivity contribution in [3.8, 4) is 5.75 Å². The van der Waals surface area contributed by atoms with Gasteiger partial charge in [-0.3, -0.25) is 0 Å². The molecule has 1 heterocycles. The topological polar surface area (TPSA) is 21.3 Å². The van der Waals surface area contributed by atoms with E-state index in [1.54, 1.807) is 0 Å². The summed E-state index contributed by atoms with van der Waals surface area (Å²) in [6, 6.07) is 6.38. The van der Waals surface area contributed by atoms with Gasteiger partial charge in [0.05, 0.1) is 6.61 Å². The molecular formula is C12H15NO. The van der Waals surface area contributed by atoms with E-state index in [9.17, 15) is 0 Å². The molecule has 1 aromatic carbocycles. The van der Waals surface area contributed by atoms with Gasteiger partial charge in [0.2, 0.25) is 0 Å². The molecule has 0 unspecified atom stereocenters. The number of hydrogen-bond donors (Lipinski definition) is 1. The second-order valence-corrected chi connectivity index (χ2v) is 4.25. The summed E-state index contributed by atoms with van der Waals surface area (Å²) in [7, 11) is 0. The fourth-order valence-corrected chi connectivity index (χ4v) is 1.87. The van der Waals surface area contributed by atoms with E-state index in [-0.39, 0.29) is 0 Å². The van der Waals surface area contributed by atoms with Gasteiger partial charge >= 0.3 is 0 Å². The lowest BCUT2D eigenvalue weighted by Crippen LogP contribution is -1.98. The first-order valence-corrected chi connectivity index (χ1v) is 5.41. The molecule has 0 radical (unpaired) electrons. The largest absolute Gasteiger partial charge is 0.493 e. The SMILES string of the molecule is c1cc2c(cc1OCC1CC1)CCN2. The van der Waals surface area contributed by atoms with E-state index in [0.29, 0.717) is 0 Å². The van der Waals surface area contributed by atoms with Crippen LogP contribution < -0.4 is 10.1 Å². The molecule has 2 nitrogen and oxygen atoms in total. The van der Waals surface area contributed by atoms with Crippen LogP contribution in [0.3, 0.4) is 0 Å². The minimum atomic E-state index is 0.835. The zero-order valence-corrected chi connectivity index (χ0v) is 8.25. The Bertz CT molecular complexity index is 344. The van der Waals surface area contributed by atoms with Crippen molar-refractivity contribution in [3.63, 3.8) is 0 Å². The fourth-order valence-electron chi connectivity index (χ4n) is 1.87. The van der Waals surface area contributed by atoms with Crippen molar-refractivity contribution in [2.45, 2.75) is 19.3 Å². The van der Waals surface area contributed by atoms with Crippen molar-refractivity contribution in [2.75, 3.05) is 18.5 Å². The highest BCUT2D eigenvalue weighted by molar-refractivity contribution is 5.57. The van der Waals surface area contributed by atoms with Crippen LogP contribution in [0.4, 0.5) is 5.69 Å². The molecule has 0 spiro atoms. The zero-order valence-electron chi connectivity index (χ0n) is 8.25. The highest BCUT2D eigenvalue weighted by Crippen LogP contribution is 2.31. The van der Waals surface area contributed by atoms with Gasteiger partial charge in [-0.1, -0.05) is 0 Å². The Morgan fingerprint density at radius 3 is 3.14 bits per heavy atom. The first-order valence-electron chi connectivity index (χ1n) is 5.41. The second-order valence-electron chi connectivity index (χ2n) is 4.25. The van der Waals surface area contributed by atoms with E-state index in [0.717, 1.165) is 31.2 Å². The van der Waals surface area contributed by atoms with Crippen molar-refractivity contribution in [3.05, 3.63) is 23.8 Å². The maximum Gasteiger partial charge on any atom is 0.119 e. The van der Waals surface area contributed by atoms with E-state index in [1.807, 2.05) is 0 Å². The molecule has 3 rings (SSSR count). The molecule has 2 heteroatoms. The van der Waals surface area contributed by atoms with Gasteiger partial charge in [0.25, 0.3) is 0 Å². The Hall–Kier alpha value is -1.18. The summed E-state index contributed by atoms with van der Waals surface area (Å²) in [6.07, 6.45) is 3.84. The van der Waals surface area contributed by atoms with Crippen molar-refractivity contribution >= 4 is 5.69 Å². The summed E-state index contributed by atoms with van der Waals surface area (Å²) >= 11 is 0. The predicted octanol–water partition coefficient (Wildman–Crippen LogP) is 2.44. The molecule has 0 saturated heterocycles.